The lowest BCUT2D eigenvalue weighted by Gasteiger charge is -2.29. The molecule has 3 heteroatoms. The molecule has 0 aliphatic heterocycles. The van der Waals surface area contributed by atoms with Gasteiger partial charge in [-0.1, -0.05) is 40.5 Å². The third-order valence-corrected chi connectivity index (χ3v) is 3.67. The van der Waals surface area contributed by atoms with E-state index in [-0.39, 0.29) is 12.0 Å². The summed E-state index contributed by atoms with van der Waals surface area (Å²) in [4.78, 5) is 0. The number of aliphatic hydroxyl groups excluding tert-OH is 1. The molecule has 0 bridgehead atoms. The Balaban J connectivity index is 3.89. The summed E-state index contributed by atoms with van der Waals surface area (Å²) in [5.74, 6) is 0.571. The molecule has 98 valence electrons. The van der Waals surface area contributed by atoms with Crippen molar-refractivity contribution in [2.45, 2.75) is 59.2 Å². The summed E-state index contributed by atoms with van der Waals surface area (Å²) >= 11 is 0. The maximum atomic E-state index is 10.0. The first kappa shape index (κ1) is 15.9. The van der Waals surface area contributed by atoms with E-state index in [1.54, 1.807) is 0 Å². The van der Waals surface area contributed by atoms with Gasteiger partial charge in [0, 0.05) is 13.1 Å². The van der Waals surface area contributed by atoms with Gasteiger partial charge in [0.1, 0.15) is 0 Å². The molecule has 0 aliphatic rings. The summed E-state index contributed by atoms with van der Waals surface area (Å²) in [7, 11) is 0. The summed E-state index contributed by atoms with van der Waals surface area (Å²) < 4.78 is 0. The maximum Gasteiger partial charge on any atom is 0.0766 e. The Morgan fingerprint density at radius 3 is 2.06 bits per heavy atom. The van der Waals surface area contributed by atoms with E-state index in [4.69, 9.17) is 0 Å². The third-order valence-electron chi connectivity index (χ3n) is 3.67. The van der Waals surface area contributed by atoms with E-state index in [1.807, 2.05) is 20.8 Å². The maximum absolute atomic E-state index is 10.0. The van der Waals surface area contributed by atoms with Crippen LogP contribution in [-0.2, 0) is 0 Å². The molecular weight excluding hydrogens is 202 g/mol. The monoisotopic (exact) mass is 231 g/mol. The van der Waals surface area contributed by atoms with E-state index >= 15 is 0 Å². The molecule has 3 nitrogen and oxygen atoms in total. The van der Waals surface area contributed by atoms with Crippen LogP contribution in [0.3, 0.4) is 0 Å². The molecule has 0 saturated carbocycles. The van der Waals surface area contributed by atoms with Crippen molar-refractivity contribution in [3.8, 4) is 0 Å². The Labute approximate surface area is 100 Å². The molecule has 3 N–H and O–H groups in total. The minimum absolute atomic E-state index is 0.213. The van der Waals surface area contributed by atoms with Gasteiger partial charge in [-0.3, -0.25) is 0 Å². The van der Waals surface area contributed by atoms with Crippen molar-refractivity contribution in [1.82, 2.24) is 5.32 Å². The topological polar surface area (TPSA) is 52.5 Å². The van der Waals surface area contributed by atoms with E-state index in [0.29, 0.717) is 19.0 Å². The zero-order valence-corrected chi connectivity index (χ0v) is 11.5. The molecule has 16 heavy (non-hydrogen) atoms. The summed E-state index contributed by atoms with van der Waals surface area (Å²) in [5, 5.41) is 23.1. The van der Waals surface area contributed by atoms with Crippen LogP contribution in [0.15, 0.2) is 0 Å². The van der Waals surface area contributed by atoms with Gasteiger partial charge < -0.3 is 15.5 Å². The summed E-state index contributed by atoms with van der Waals surface area (Å²) in [6, 6.07) is 0. The Morgan fingerprint density at radius 1 is 1.19 bits per heavy atom. The van der Waals surface area contributed by atoms with Crippen molar-refractivity contribution in [3.05, 3.63) is 0 Å². The average Bonchev–Trinajstić information content (AvgIpc) is 2.19. The van der Waals surface area contributed by atoms with Gasteiger partial charge in [-0.05, 0) is 18.8 Å². The number of hydrogen-bond acceptors (Lipinski definition) is 3. The van der Waals surface area contributed by atoms with Crippen LogP contribution in [0.5, 0.6) is 0 Å². The smallest absolute Gasteiger partial charge is 0.0766 e. The highest BCUT2D eigenvalue weighted by atomic mass is 16.3. The van der Waals surface area contributed by atoms with Crippen molar-refractivity contribution in [2.24, 2.45) is 11.8 Å². The molecule has 0 saturated heterocycles. The molecule has 0 aromatic carbocycles. The fourth-order valence-electron chi connectivity index (χ4n) is 1.68. The predicted octanol–water partition coefficient (Wildman–Crippen LogP) is 1.78. The lowest BCUT2D eigenvalue weighted by molar-refractivity contribution is 0.00927. The van der Waals surface area contributed by atoms with Gasteiger partial charge in [-0.2, -0.15) is 0 Å². The van der Waals surface area contributed by atoms with Crippen molar-refractivity contribution < 1.29 is 10.2 Å². The Kier molecular flexibility index (Phi) is 7.20. The van der Waals surface area contributed by atoms with Crippen LogP contribution >= 0.6 is 0 Å². The van der Waals surface area contributed by atoms with Gasteiger partial charge in [0.25, 0.3) is 0 Å². The molecule has 0 radical (unpaired) electrons. The molecule has 2 atom stereocenters. The number of aliphatic hydroxyl groups is 2. The quantitative estimate of drug-likeness (QED) is 0.597. The van der Waals surface area contributed by atoms with Crippen LogP contribution in [0.2, 0.25) is 0 Å². The number of rotatable bonds is 8. The molecule has 2 unspecified atom stereocenters. The Hall–Kier alpha value is -0.120. The third kappa shape index (κ3) is 5.28. The van der Waals surface area contributed by atoms with Gasteiger partial charge >= 0.3 is 0 Å². The van der Waals surface area contributed by atoms with Crippen LogP contribution in [0.4, 0.5) is 0 Å². The first-order valence-corrected chi connectivity index (χ1v) is 6.46. The average molecular weight is 231 g/mol. The number of nitrogens with one attached hydrogen (secondary N) is 1. The van der Waals surface area contributed by atoms with E-state index in [1.165, 1.54) is 0 Å². The molecule has 0 amide bonds. The fourth-order valence-corrected chi connectivity index (χ4v) is 1.68. The Morgan fingerprint density at radius 2 is 1.69 bits per heavy atom. The summed E-state index contributed by atoms with van der Waals surface area (Å²) in [5.41, 5.74) is -0.701. The molecule has 0 heterocycles. The molecular formula is C13H29NO2. The highest BCUT2D eigenvalue weighted by molar-refractivity contribution is 4.80. The Bertz CT molecular complexity index is 177. The highest BCUT2D eigenvalue weighted by Gasteiger charge is 2.25. The number of hydrogen-bond donors (Lipinski definition) is 3. The van der Waals surface area contributed by atoms with Crippen LogP contribution in [0.25, 0.3) is 0 Å². The summed E-state index contributed by atoms with van der Waals surface area (Å²) in [6.07, 6.45) is 1.69. The molecule has 0 aliphatic carbocycles. The van der Waals surface area contributed by atoms with Gasteiger partial charge in [-0.25, -0.2) is 0 Å². The fraction of sp³-hybridized carbons (Fsp3) is 1.00. The minimum atomic E-state index is -0.701. The normalized spacial score (nSPS) is 17.8. The van der Waals surface area contributed by atoms with Crippen LogP contribution < -0.4 is 5.32 Å². The van der Waals surface area contributed by atoms with Gasteiger partial charge in [-0.15, -0.1) is 0 Å². The lowest BCUT2D eigenvalue weighted by Crippen LogP contribution is -2.45. The van der Waals surface area contributed by atoms with E-state index in [2.05, 4.69) is 19.2 Å². The minimum Gasteiger partial charge on any atom is -0.392 e. The van der Waals surface area contributed by atoms with E-state index < -0.39 is 5.60 Å². The second kappa shape index (κ2) is 7.25. The van der Waals surface area contributed by atoms with Crippen LogP contribution in [-0.4, -0.2) is 35.0 Å². The van der Waals surface area contributed by atoms with Crippen molar-refractivity contribution in [1.29, 1.82) is 0 Å². The van der Waals surface area contributed by atoms with Crippen LogP contribution in [0.1, 0.15) is 47.5 Å². The molecule has 0 aromatic rings. The predicted molar refractivity (Wildman–Crippen MR) is 68.4 cm³/mol. The van der Waals surface area contributed by atoms with Crippen LogP contribution in [0, 0.1) is 11.8 Å². The van der Waals surface area contributed by atoms with Gasteiger partial charge in [0.05, 0.1) is 11.7 Å². The molecule has 0 rings (SSSR count). The second-order valence-corrected chi connectivity index (χ2v) is 5.29. The standard InChI is InChI=1S/C13H29NO2/c1-6-11(7-2)12(15)8-14-9-13(5,16)10(3)4/h10-12,14-16H,6-9H2,1-5H3. The largest absolute Gasteiger partial charge is 0.392 e. The van der Waals surface area contributed by atoms with Crippen molar-refractivity contribution in [2.75, 3.05) is 13.1 Å². The van der Waals surface area contributed by atoms with Crippen molar-refractivity contribution in [3.63, 3.8) is 0 Å². The van der Waals surface area contributed by atoms with E-state index in [0.717, 1.165) is 12.8 Å². The second-order valence-electron chi connectivity index (χ2n) is 5.29. The zero-order valence-electron chi connectivity index (χ0n) is 11.5. The molecule has 0 aromatic heterocycles. The first-order chi connectivity index (χ1) is 7.35. The van der Waals surface area contributed by atoms with Gasteiger partial charge in [0.15, 0.2) is 0 Å². The summed E-state index contributed by atoms with van der Waals surface area (Å²) in [6.45, 7) is 11.1. The van der Waals surface area contributed by atoms with E-state index in [9.17, 15) is 10.2 Å². The SMILES string of the molecule is CCC(CC)C(O)CNCC(C)(O)C(C)C. The molecule has 0 spiro atoms. The lowest BCUT2D eigenvalue weighted by atomic mass is 9.92. The highest BCUT2D eigenvalue weighted by Crippen LogP contribution is 2.15. The van der Waals surface area contributed by atoms with Crippen molar-refractivity contribution >= 4 is 0 Å². The first-order valence-electron chi connectivity index (χ1n) is 6.46. The van der Waals surface area contributed by atoms with Gasteiger partial charge in [0.2, 0.25) is 0 Å². The molecule has 0 fully saturated rings. The zero-order chi connectivity index (χ0) is 12.8.